The molecular weight excluding hydrogens is 481 g/mol. The van der Waals surface area contributed by atoms with Crippen LogP contribution < -0.4 is 10.6 Å². The van der Waals surface area contributed by atoms with Crippen LogP contribution in [-0.2, 0) is 4.79 Å². The van der Waals surface area contributed by atoms with Crippen molar-refractivity contribution in [3.05, 3.63) is 69.8 Å². The van der Waals surface area contributed by atoms with Gasteiger partial charge in [0.1, 0.15) is 6.17 Å². The van der Waals surface area contributed by atoms with Crippen LogP contribution in [0.2, 0.25) is 0 Å². The summed E-state index contributed by atoms with van der Waals surface area (Å²) in [5.41, 5.74) is 1.64. The summed E-state index contributed by atoms with van der Waals surface area (Å²) in [6.45, 7) is 0. The molecule has 3 nitrogen and oxygen atoms in total. The van der Waals surface area contributed by atoms with Crippen molar-refractivity contribution in [2.24, 2.45) is 0 Å². The number of alkyl halides is 3. The second kappa shape index (κ2) is 8.94. The maximum Gasteiger partial charge on any atom is 0.245 e. The minimum absolute atomic E-state index is 0.367. The first-order valence-corrected chi connectivity index (χ1v) is 9.18. The van der Waals surface area contributed by atoms with Crippen molar-refractivity contribution in [2.45, 2.75) is 9.96 Å². The Hall–Kier alpha value is -0.950. The fourth-order valence-corrected chi connectivity index (χ4v) is 2.53. The Morgan fingerprint density at radius 2 is 1.67 bits per heavy atom. The van der Waals surface area contributed by atoms with Crippen molar-refractivity contribution in [3.8, 4) is 0 Å². The van der Waals surface area contributed by atoms with Gasteiger partial charge in [-0.2, -0.15) is 0 Å². The van der Waals surface area contributed by atoms with Crippen LogP contribution in [-0.4, -0.2) is 15.9 Å². The number of hydrogen-bond acceptors (Lipinski definition) is 2. The topological polar surface area (TPSA) is 41.1 Å². The average Bonchev–Trinajstić information content (AvgIpc) is 2.54. The number of rotatable bonds is 5. The molecule has 2 aromatic carbocycles. The zero-order valence-corrected chi connectivity index (χ0v) is 16.8. The standard InChI is InChI=1S/C17H14Cl3IN2O/c18-17(19,20)16(22-14-9-7-13(21)8-10-14)23-15(24)11-6-12-4-2-1-3-5-12/h1-11,16,22H,(H,23,24). The van der Waals surface area contributed by atoms with E-state index in [0.29, 0.717) is 0 Å². The van der Waals surface area contributed by atoms with Crippen molar-refractivity contribution < 1.29 is 4.79 Å². The quantitative estimate of drug-likeness (QED) is 0.258. The highest BCUT2D eigenvalue weighted by Gasteiger charge is 2.33. The molecule has 1 unspecified atom stereocenters. The molecule has 0 saturated heterocycles. The molecule has 2 aromatic rings. The van der Waals surface area contributed by atoms with Gasteiger partial charge in [-0.3, -0.25) is 4.79 Å². The van der Waals surface area contributed by atoms with Gasteiger partial charge in [0.2, 0.25) is 9.70 Å². The Morgan fingerprint density at radius 1 is 1.04 bits per heavy atom. The third-order valence-corrected chi connectivity index (χ3v) is 4.37. The van der Waals surface area contributed by atoms with Gasteiger partial charge < -0.3 is 10.6 Å². The normalized spacial score (nSPS) is 12.8. The smallest absolute Gasteiger partial charge is 0.245 e. The van der Waals surface area contributed by atoms with E-state index in [-0.39, 0.29) is 5.91 Å². The number of hydrogen-bond donors (Lipinski definition) is 2. The van der Waals surface area contributed by atoms with Crippen LogP contribution >= 0.6 is 57.4 Å². The molecule has 1 atom stereocenters. The highest BCUT2D eigenvalue weighted by Crippen LogP contribution is 2.31. The molecule has 0 aliphatic heterocycles. The number of carbonyl (C=O) groups excluding carboxylic acids is 1. The van der Waals surface area contributed by atoms with Gasteiger partial charge in [-0.1, -0.05) is 65.1 Å². The van der Waals surface area contributed by atoms with E-state index in [0.717, 1.165) is 14.8 Å². The molecule has 0 aliphatic carbocycles. The third-order valence-electron chi connectivity index (χ3n) is 3.00. The van der Waals surface area contributed by atoms with Gasteiger partial charge in [0.25, 0.3) is 0 Å². The second-order valence-electron chi connectivity index (χ2n) is 4.88. The first kappa shape index (κ1) is 19.4. The van der Waals surface area contributed by atoms with Crippen LogP contribution in [0.5, 0.6) is 0 Å². The van der Waals surface area contributed by atoms with Crippen molar-refractivity contribution in [3.63, 3.8) is 0 Å². The van der Waals surface area contributed by atoms with E-state index < -0.39 is 9.96 Å². The van der Waals surface area contributed by atoms with Gasteiger partial charge >= 0.3 is 0 Å². The highest BCUT2D eigenvalue weighted by atomic mass is 127. The van der Waals surface area contributed by atoms with E-state index in [1.807, 2.05) is 54.6 Å². The van der Waals surface area contributed by atoms with E-state index in [4.69, 9.17) is 34.8 Å². The molecule has 0 saturated carbocycles. The van der Waals surface area contributed by atoms with Gasteiger partial charge in [-0.25, -0.2) is 0 Å². The Morgan fingerprint density at radius 3 is 2.25 bits per heavy atom. The first-order valence-electron chi connectivity index (χ1n) is 6.97. The second-order valence-corrected chi connectivity index (χ2v) is 8.49. The molecule has 0 radical (unpaired) electrons. The van der Waals surface area contributed by atoms with Gasteiger partial charge in [0.05, 0.1) is 0 Å². The monoisotopic (exact) mass is 494 g/mol. The minimum atomic E-state index is -1.71. The molecule has 0 aliphatic rings. The number of carbonyl (C=O) groups is 1. The molecule has 0 heterocycles. The maximum absolute atomic E-state index is 12.1. The average molecular weight is 496 g/mol. The molecule has 2 rings (SSSR count). The number of benzene rings is 2. The third kappa shape index (κ3) is 6.51. The largest absolute Gasteiger partial charge is 0.362 e. The van der Waals surface area contributed by atoms with E-state index in [9.17, 15) is 4.79 Å². The number of amides is 1. The van der Waals surface area contributed by atoms with Crippen molar-refractivity contribution >= 4 is 75.1 Å². The lowest BCUT2D eigenvalue weighted by atomic mass is 10.2. The molecule has 0 spiro atoms. The van der Waals surface area contributed by atoms with Crippen molar-refractivity contribution in [1.82, 2.24) is 5.32 Å². The molecule has 126 valence electrons. The summed E-state index contributed by atoms with van der Waals surface area (Å²) < 4.78 is -0.627. The predicted molar refractivity (Wildman–Crippen MR) is 110 cm³/mol. The van der Waals surface area contributed by atoms with E-state index in [2.05, 4.69) is 33.2 Å². The highest BCUT2D eigenvalue weighted by molar-refractivity contribution is 14.1. The molecule has 24 heavy (non-hydrogen) atoms. The summed E-state index contributed by atoms with van der Waals surface area (Å²) in [5, 5.41) is 5.67. The summed E-state index contributed by atoms with van der Waals surface area (Å²) in [6.07, 6.45) is 2.21. The van der Waals surface area contributed by atoms with Crippen LogP contribution in [0.15, 0.2) is 60.7 Å². The molecule has 1 amide bonds. The first-order chi connectivity index (χ1) is 11.3. The van der Waals surface area contributed by atoms with Crippen LogP contribution in [0.1, 0.15) is 5.56 Å². The lowest BCUT2D eigenvalue weighted by Gasteiger charge is -2.27. The maximum atomic E-state index is 12.1. The van der Waals surface area contributed by atoms with Crippen LogP contribution in [0.4, 0.5) is 5.69 Å². The fraction of sp³-hybridized carbons (Fsp3) is 0.118. The zero-order chi connectivity index (χ0) is 17.6. The summed E-state index contributed by atoms with van der Waals surface area (Å²) >= 11 is 20.1. The van der Waals surface area contributed by atoms with Crippen molar-refractivity contribution in [1.29, 1.82) is 0 Å². The Kier molecular flexibility index (Phi) is 7.22. The molecule has 7 heteroatoms. The van der Waals surface area contributed by atoms with Crippen LogP contribution in [0, 0.1) is 3.57 Å². The van der Waals surface area contributed by atoms with Crippen LogP contribution in [0.25, 0.3) is 6.08 Å². The number of nitrogens with one attached hydrogen (secondary N) is 2. The molecule has 0 fully saturated rings. The predicted octanol–water partition coefficient (Wildman–Crippen LogP) is 5.23. The van der Waals surface area contributed by atoms with E-state index >= 15 is 0 Å². The summed E-state index contributed by atoms with van der Waals surface area (Å²) in [7, 11) is 0. The van der Waals surface area contributed by atoms with E-state index in [1.165, 1.54) is 6.08 Å². The SMILES string of the molecule is O=C(C=Cc1ccccc1)NC(Nc1ccc(I)cc1)C(Cl)(Cl)Cl. The lowest BCUT2D eigenvalue weighted by molar-refractivity contribution is -0.116. The summed E-state index contributed by atoms with van der Waals surface area (Å²) in [4.78, 5) is 12.1. The Bertz CT molecular complexity index is 700. The van der Waals surface area contributed by atoms with Crippen LogP contribution in [0.3, 0.4) is 0 Å². The van der Waals surface area contributed by atoms with Crippen molar-refractivity contribution in [2.75, 3.05) is 5.32 Å². The Labute approximate surface area is 169 Å². The number of anilines is 1. The van der Waals surface area contributed by atoms with Gasteiger partial charge in [-0.05, 0) is 58.5 Å². The minimum Gasteiger partial charge on any atom is -0.362 e. The molecular formula is C17H14Cl3IN2O. The fourth-order valence-electron chi connectivity index (χ4n) is 1.84. The molecule has 0 bridgehead atoms. The lowest BCUT2D eigenvalue weighted by Crippen LogP contribution is -2.48. The summed E-state index contributed by atoms with van der Waals surface area (Å²) in [6, 6.07) is 17.0. The van der Waals surface area contributed by atoms with E-state index in [1.54, 1.807) is 6.08 Å². The Balaban J connectivity index is 2.04. The summed E-state index contributed by atoms with van der Waals surface area (Å²) in [5.74, 6) is -0.367. The zero-order valence-electron chi connectivity index (χ0n) is 12.3. The molecule has 0 aromatic heterocycles. The molecule has 2 N–H and O–H groups in total. The van der Waals surface area contributed by atoms with Gasteiger partial charge in [0, 0.05) is 15.3 Å². The number of halogens is 4. The van der Waals surface area contributed by atoms with Gasteiger partial charge in [-0.15, -0.1) is 0 Å². The van der Waals surface area contributed by atoms with Gasteiger partial charge in [0.15, 0.2) is 0 Å².